The van der Waals surface area contributed by atoms with Crippen molar-refractivity contribution in [2.75, 3.05) is 6.61 Å². The maximum atomic E-state index is 12.5. The molecule has 90 valence electrons. The molecule has 1 saturated carbocycles. The van der Waals surface area contributed by atoms with Gasteiger partial charge in [-0.2, -0.15) is 13.2 Å². The van der Waals surface area contributed by atoms with E-state index < -0.39 is 11.6 Å². The van der Waals surface area contributed by atoms with Gasteiger partial charge >= 0.3 is 6.18 Å². The molecular formula is C9H11F3N2O2. The lowest BCUT2D eigenvalue weighted by atomic mass is 10.0. The van der Waals surface area contributed by atoms with Crippen LogP contribution in [0.1, 0.15) is 19.3 Å². The van der Waals surface area contributed by atoms with Crippen LogP contribution in [0.3, 0.4) is 0 Å². The normalized spacial score (nSPS) is 18.4. The highest BCUT2D eigenvalue weighted by atomic mass is 19.4. The van der Waals surface area contributed by atoms with Crippen LogP contribution in [-0.4, -0.2) is 27.9 Å². The molecule has 1 heterocycles. The number of nitrogens with zero attached hydrogens (tertiary/aromatic N) is 2. The molecule has 1 aliphatic rings. The van der Waals surface area contributed by atoms with Crippen LogP contribution in [-0.2, 0) is 0 Å². The summed E-state index contributed by atoms with van der Waals surface area (Å²) >= 11 is 0. The lowest BCUT2D eigenvalue weighted by Gasteiger charge is -2.18. The summed E-state index contributed by atoms with van der Waals surface area (Å²) in [6.07, 6.45) is -2.62. The van der Waals surface area contributed by atoms with Gasteiger partial charge < -0.3 is 9.94 Å². The lowest BCUT2D eigenvalue weighted by Crippen LogP contribution is -2.26. The second-order valence-electron chi connectivity index (χ2n) is 3.95. The van der Waals surface area contributed by atoms with Crippen molar-refractivity contribution in [1.82, 2.24) is 9.94 Å². The summed E-state index contributed by atoms with van der Waals surface area (Å²) in [6.45, 7) is -0.0451. The minimum absolute atomic E-state index is 0.0451. The third kappa shape index (κ3) is 2.07. The highest BCUT2D eigenvalue weighted by Gasteiger charge is 2.62. The Balaban J connectivity index is 1.81. The molecule has 2 rings (SSSR count). The van der Waals surface area contributed by atoms with Gasteiger partial charge in [0.1, 0.15) is 0 Å². The first kappa shape index (κ1) is 11.1. The monoisotopic (exact) mass is 236 g/mol. The zero-order valence-corrected chi connectivity index (χ0v) is 8.37. The van der Waals surface area contributed by atoms with E-state index in [0.29, 0.717) is 4.85 Å². The largest absolute Gasteiger partial charge is 0.476 e. The van der Waals surface area contributed by atoms with E-state index in [-0.39, 0.29) is 31.7 Å². The highest BCUT2D eigenvalue weighted by Crippen LogP contribution is 2.59. The van der Waals surface area contributed by atoms with Crippen molar-refractivity contribution in [3.05, 3.63) is 12.3 Å². The molecule has 0 aromatic carbocycles. The zero-order chi connectivity index (χ0) is 11.8. The van der Waals surface area contributed by atoms with E-state index in [1.807, 2.05) is 0 Å². The van der Waals surface area contributed by atoms with Crippen LogP contribution < -0.4 is 4.74 Å². The van der Waals surface area contributed by atoms with Crippen LogP contribution in [0.25, 0.3) is 0 Å². The van der Waals surface area contributed by atoms with Gasteiger partial charge in [-0.1, -0.05) is 5.10 Å². The van der Waals surface area contributed by atoms with Crippen LogP contribution in [0.4, 0.5) is 13.2 Å². The Morgan fingerprint density at radius 2 is 2.19 bits per heavy atom. The Bertz CT molecular complexity index is 371. The predicted octanol–water partition coefficient (Wildman–Crippen LogP) is 2.23. The molecule has 0 amide bonds. The number of ether oxygens (including phenoxy) is 1. The average Bonchev–Trinajstić information content (AvgIpc) is 2.85. The summed E-state index contributed by atoms with van der Waals surface area (Å²) < 4.78 is 42.5. The van der Waals surface area contributed by atoms with Gasteiger partial charge in [-0.05, 0) is 19.3 Å². The van der Waals surface area contributed by atoms with Crippen molar-refractivity contribution in [3.8, 4) is 5.88 Å². The first-order valence-electron chi connectivity index (χ1n) is 4.87. The molecule has 1 aromatic heterocycles. The van der Waals surface area contributed by atoms with Gasteiger partial charge in [-0.25, -0.2) is 0 Å². The summed E-state index contributed by atoms with van der Waals surface area (Å²) in [6, 6.07) is 1.38. The molecule has 1 aliphatic carbocycles. The Morgan fingerprint density at radius 1 is 1.50 bits per heavy atom. The SMILES string of the molecule is On1ccc(OCCC2(C(F)(F)F)CC2)n1. The topological polar surface area (TPSA) is 47.3 Å². The summed E-state index contributed by atoms with van der Waals surface area (Å²) in [4.78, 5) is 0.548. The molecule has 0 bridgehead atoms. The molecule has 0 unspecified atom stereocenters. The van der Waals surface area contributed by atoms with Crippen molar-refractivity contribution in [3.63, 3.8) is 0 Å². The summed E-state index contributed by atoms with van der Waals surface area (Å²) in [5.74, 6) is 0.125. The zero-order valence-electron chi connectivity index (χ0n) is 8.37. The van der Waals surface area contributed by atoms with Gasteiger partial charge in [-0.3, -0.25) is 0 Å². The molecule has 4 nitrogen and oxygen atoms in total. The number of hydrogen-bond donors (Lipinski definition) is 1. The maximum absolute atomic E-state index is 12.5. The minimum atomic E-state index is -4.15. The number of aromatic nitrogens is 2. The molecule has 7 heteroatoms. The van der Waals surface area contributed by atoms with Crippen LogP contribution in [0.5, 0.6) is 5.88 Å². The van der Waals surface area contributed by atoms with E-state index >= 15 is 0 Å². The van der Waals surface area contributed by atoms with E-state index in [4.69, 9.17) is 9.94 Å². The van der Waals surface area contributed by atoms with E-state index in [1.54, 1.807) is 0 Å². The van der Waals surface area contributed by atoms with Gasteiger partial charge in [-0.15, -0.1) is 4.85 Å². The first-order valence-corrected chi connectivity index (χ1v) is 4.87. The maximum Gasteiger partial charge on any atom is 0.394 e. The Kier molecular flexibility index (Phi) is 2.47. The summed E-state index contributed by atoms with van der Waals surface area (Å²) in [5, 5.41) is 12.3. The second-order valence-corrected chi connectivity index (χ2v) is 3.95. The van der Waals surface area contributed by atoms with Crippen molar-refractivity contribution in [2.24, 2.45) is 5.41 Å². The summed E-state index contributed by atoms with van der Waals surface area (Å²) in [5.41, 5.74) is -1.55. The standard InChI is InChI=1S/C9H11F3N2O2/c10-9(11,12)8(2-3-8)4-6-16-7-1-5-14(15)13-7/h1,5,15H,2-4,6H2. The smallest absolute Gasteiger partial charge is 0.394 e. The molecule has 1 N–H and O–H groups in total. The van der Waals surface area contributed by atoms with Gasteiger partial charge in [0.2, 0.25) is 5.88 Å². The Labute approximate surface area is 89.6 Å². The number of halogens is 3. The molecule has 0 saturated heterocycles. The van der Waals surface area contributed by atoms with Crippen LogP contribution in [0.2, 0.25) is 0 Å². The highest BCUT2D eigenvalue weighted by molar-refractivity contribution is 5.05. The van der Waals surface area contributed by atoms with Crippen LogP contribution in [0, 0.1) is 5.41 Å². The van der Waals surface area contributed by atoms with E-state index in [0.717, 1.165) is 0 Å². The molecule has 0 aliphatic heterocycles. The lowest BCUT2D eigenvalue weighted by molar-refractivity contribution is -0.190. The molecule has 0 spiro atoms. The fourth-order valence-corrected chi connectivity index (χ4v) is 1.55. The fourth-order valence-electron chi connectivity index (χ4n) is 1.55. The van der Waals surface area contributed by atoms with Crippen molar-refractivity contribution < 1.29 is 23.1 Å². The minimum Gasteiger partial charge on any atom is -0.476 e. The Hall–Kier alpha value is -1.40. The van der Waals surface area contributed by atoms with Crippen LogP contribution in [0.15, 0.2) is 12.3 Å². The number of hydrogen-bond acceptors (Lipinski definition) is 3. The second kappa shape index (κ2) is 3.57. The Morgan fingerprint density at radius 3 is 2.62 bits per heavy atom. The van der Waals surface area contributed by atoms with Crippen molar-refractivity contribution >= 4 is 0 Å². The predicted molar refractivity (Wildman–Crippen MR) is 47.2 cm³/mol. The average molecular weight is 236 g/mol. The molecule has 16 heavy (non-hydrogen) atoms. The van der Waals surface area contributed by atoms with E-state index in [9.17, 15) is 13.2 Å². The molecule has 1 fully saturated rings. The van der Waals surface area contributed by atoms with Crippen molar-refractivity contribution in [2.45, 2.75) is 25.4 Å². The van der Waals surface area contributed by atoms with E-state index in [2.05, 4.69) is 5.10 Å². The number of rotatable bonds is 4. The molecular weight excluding hydrogens is 225 g/mol. The van der Waals surface area contributed by atoms with Gasteiger partial charge in [0.15, 0.2) is 0 Å². The first-order chi connectivity index (χ1) is 7.43. The third-order valence-corrected chi connectivity index (χ3v) is 2.84. The van der Waals surface area contributed by atoms with Crippen LogP contribution >= 0.6 is 0 Å². The summed E-state index contributed by atoms with van der Waals surface area (Å²) in [7, 11) is 0. The molecule has 1 aromatic rings. The fraction of sp³-hybridized carbons (Fsp3) is 0.667. The third-order valence-electron chi connectivity index (χ3n) is 2.84. The quantitative estimate of drug-likeness (QED) is 0.815. The number of alkyl halides is 3. The van der Waals surface area contributed by atoms with E-state index in [1.165, 1.54) is 12.3 Å². The molecule has 0 atom stereocenters. The molecule has 0 radical (unpaired) electrons. The van der Waals surface area contributed by atoms with Gasteiger partial charge in [0, 0.05) is 6.07 Å². The van der Waals surface area contributed by atoms with Gasteiger partial charge in [0.05, 0.1) is 18.2 Å². The van der Waals surface area contributed by atoms with Gasteiger partial charge in [0.25, 0.3) is 0 Å². The van der Waals surface area contributed by atoms with Crippen molar-refractivity contribution in [1.29, 1.82) is 0 Å².